The molecule has 0 aliphatic heterocycles. The summed E-state index contributed by atoms with van der Waals surface area (Å²) in [6, 6.07) is 6.47. The maximum atomic E-state index is 11.0. The van der Waals surface area contributed by atoms with Crippen molar-refractivity contribution in [1.29, 1.82) is 0 Å². The lowest BCUT2D eigenvalue weighted by Crippen LogP contribution is -2.10. The van der Waals surface area contributed by atoms with E-state index < -0.39 is 5.91 Å². The topological polar surface area (TPSA) is 90.1 Å². The fourth-order valence-electron chi connectivity index (χ4n) is 1.40. The third-order valence-corrected chi connectivity index (χ3v) is 3.06. The first kappa shape index (κ1) is 13.3. The van der Waals surface area contributed by atoms with Crippen molar-refractivity contribution in [2.45, 2.75) is 0 Å². The number of ether oxygens (including phenoxy) is 1. The zero-order chi connectivity index (χ0) is 13.8. The Labute approximate surface area is 118 Å². The standard InChI is InChI=1S/C12H11BrN4O2/c1-15-11-9(13)12(17-6-16-11)19-8-4-2-7(3-5-8)10(14)18/h2-6H,1H3,(H2,14,18)(H,15,16,17). The van der Waals surface area contributed by atoms with Gasteiger partial charge in [-0.1, -0.05) is 0 Å². The minimum absolute atomic E-state index is 0.381. The Morgan fingerprint density at radius 3 is 2.58 bits per heavy atom. The smallest absolute Gasteiger partial charge is 0.248 e. The number of hydrogen-bond acceptors (Lipinski definition) is 5. The predicted molar refractivity (Wildman–Crippen MR) is 74.3 cm³/mol. The number of aromatic nitrogens is 2. The highest BCUT2D eigenvalue weighted by Gasteiger charge is 2.10. The summed E-state index contributed by atoms with van der Waals surface area (Å²) in [6.07, 6.45) is 1.39. The van der Waals surface area contributed by atoms with Crippen molar-refractivity contribution in [3.05, 3.63) is 40.6 Å². The number of nitrogens with one attached hydrogen (secondary N) is 1. The number of nitrogens with zero attached hydrogens (tertiary/aromatic N) is 2. The number of nitrogens with two attached hydrogens (primary N) is 1. The second-order valence-corrected chi connectivity index (χ2v) is 4.38. The van der Waals surface area contributed by atoms with Gasteiger partial charge in [-0.25, -0.2) is 9.97 Å². The Morgan fingerprint density at radius 1 is 1.32 bits per heavy atom. The van der Waals surface area contributed by atoms with Gasteiger partial charge in [-0.05, 0) is 40.2 Å². The molecule has 0 atom stereocenters. The van der Waals surface area contributed by atoms with Crippen molar-refractivity contribution < 1.29 is 9.53 Å². The van der Waals surface area contributed by atoms with Gasteiger partial charge in [-0.2, -0.15) is 0 Å². The fourth-order valence-corrected chi connectivity index (χ4v) is 1.88. The summed E-state index contributed by atoms with van der Waals surface area (Å²) in [6.45, 7) is 0. The molecule has 0 aliphatic rings. The molecule has 3 N–H and O–H groups in total. The number of benzene rings is 1. The number of primary amides is 1. The monoisotopic (exact) mass is 322 g/mol. The average Bonchev–Trinajstić information content (AvgIpc) is 2.42. The largest absolute Gasteiger partial charge is 0.438 e. The van der Waals surface area contributed by atoms with Crippen LogP contribution >= 0.6 is 15.9 Å². The molecule has 0 saturated heterocycles. The lowest BCUT2D eigenvalue weighted by molar-refractivity contribution is 0.100. The Hall–Kier alpha value is -2.15. The Bertz CT molecular complexity index is 601. The molecule has 6 nitrogen and oxygen atoms in total. The number of amides is 1. The number of hydrogen-bond donors (Lipinski definition) is 2. The van der Waals surface area contributed by atoms with Gasteiger partial charge in [0.1, 0.15) is 22.4 Å². The van der Waals surface area contributed by atoms with E-state index in [1.54, 1.807) is 31.3 Å². The summed E-state index contributed by atoms with van der Waals surface area (Å²) in [5, 5.41) is 2.91. The van der Waals surface area contributed by atoms with Crippen LogP contribution in [0.5, 0.6) is 11.6 Å². The zero-order valence-electron chi connectivity index (χ0n) is 10.1. The van der Waals surface area contributed by atoms with Crippen molar-refractivity contribution >= 4 is 27.7 Å². The van der Waals surface area contributed by atoms with Crippen molar-refractivity contribution in [3.63, 3.8) is 0 Å². The molecule has 19 heavy (non-hydrogen) atoms. The number of halogens is 1. The summed E-state index contributed by atoms with van der Waals surface area (Å²) in [4.78, 5) is 19.0. The van der Waals surface area contributed by atoms with Crippen LogP contribution in [0.4, 0.5) is 5.82 Å². The van der Waals surface area contributed by atoms with Gasteiger partial charge in [0, 0.05) is 12.6 Å². The van der Waals surface area contributed by atoms with Gasteiger partial charge < -0.3 is 15.8 Å². The van der Waals surface area contributed by atoms with E-state index in [1.165, 1.54) is 6.33 Å². The molecule has 2 aromatic rings. The first-order valence-electron chi connectivity index (χ1n) is 5.38. The first-order valence-corrected chi connectivity index (χ1v) is 6.17. The van der Waals surface area contributed by atoms with Crippen LogP contribution < -0.4 is 15.8 Å². The third-order valence-electron chi connectivity index (χ3n) is 2.35. The molecular weight excluding hydrogens is 312 g/mol. The third kappa shape index (κ3) is 3.00. The molecule has 0 unspecified atom stereocenters. The normalized spacial score (nSPS) is 10.0. The van der Waals surface area contributed by atoms with Crippen molar-refractivity contribution in [1.82, 2.24) is 9.97 Å². The zero-order valence-corrected chi connectivity index (χ0v) is 11.6. The summed E-state index contributed by atoms with van der Waals surface area (Å²) < 4.78 is 6.22. The van der Waals surface area contributed by atoms with Crippen LogP contribution in [0.15, 0.2) is 35.1 Å². The van der Waals surface area contributed by atoms with E-state index in [2.05, 4.69) is 31.2 Å². The van der Waals surface area contributed by atoms with E-state index in [0.29, 0.717) is 27.5 Å². The van der Waals surface area contributed by atoms with Crippen LogP contribution in [-0.2, 0) is 0 Å². The van der Waals surface area contributed by atoms with Gasteiger partial charge in [-0.15, -0.1) is 0 Å². The molecule has 0 radical (unpaired) electrons. The fraction of sp³-hybridized carbons (Fsp3) is 0.0833. The molecule has 2 rings (SSSR count). The molecule has 0 saturated carbocycles. The lowest BCUT2D eigenvalue weighted by Gasteiger charge is -2.09. The van der Waals surface area contributed by atoms with Crippen molar-refractivity contribution in [2.24, 2.45) is 5.73 Å². The van der Waals surface area contributed by atoms with Crippen molar-refractivity contribution in [2.75, 3.05) is 12.4 Å². The summed E-state index contributed by atoms with van der Waals surface area (Å²) in [5.41, 5.74) is 5.58. The molecule has 0 aliphatic carbocycles. The average molecular weight is 323 g/mol. The van der Waals surface area contributed by atoms with Gasteiger partial charge >= 0.3 is 0 Å². The Balaban J connectivity index is 2.24. The van der Waals surface area contributed by atoms with E-state index in [1.807, 2.05) is 0 Å². The van der Waals surface area contributed by atoms with Crippen LogP contribution in [0.2, 0.25) is 0 Å². The second-order valence-electron chi connectivity index (χ2n) is 3.58. The van der Waals surface area contributed by atoms with Crippen molar-refractivity contribution in [3.8, 4) is 11.6 Å². The highest BCUT2D eigenvalue weighted by Crippen LogP contribution is 2.31. The summed E-state index contributed by atoms with van der Waals surface area (Å²) in [7, 11) is 1.75. The Kier molecular flexibility index (Phi) is 3.96. The minimum Gasteiger partial charge on any atom is -0.438 e. The van der Waals surface area contributed by atoms with Gasteiger partial charge in [0.15, 0.2) is 0 Å². The quantitative estimate of drug-likeness (QED) is 0.900. The van der Waals surface area contributed by atoms with Crippen LogP contribution in [0.25, 0.3) is 0 Å². The number of carbonyl (C=O) groups is 1. The van der Waals surface area contributed by atoms with Crippen LogP contribution in [0.3, 0.4) is 0 Å². The van der Waals surface area contributed by atoms with Crippen LogP contribution in [-0.4, -0.2) is 22.9 Å². The van der Waals surface area contributed by atoms with E-state index in [4.69, 9.17) is 10.5 Å². The first-order chi connectivity index (χ1) is 9.11. The number of carbonyl (C=O) groups excluding carboxylic acids is 1. The van der Waals surface area contributed by atoms with E-state index in [-0.39, 0.29) is 0 Å². The minimum atomic E-state index is -0.479. The molecular formula is C12H11BrN4O2. The summed E-state index contributed by atoms with van der Waals surface area (Å²) in [5.74, 6) is 1.07. The van der Waals surface area contributed by atoms with E-state index >= 15 is 0 Å². The molecule has 1 heterocycles. The lowest BCUT2D eigenvalue weighted by atomic mass is 10.2. The van der Waals surface area contributed by atoms with Crippen LogP contribution in [0.1, 0.15) is 10.4 Å². The highest BCUT2D eigenvalue weighted by molar-refractivity contribution is 9.10. The molecule has 1 aromatic heterocycles. The van der Waals surface area contributed by atoms with Gasteiger partial charge in [0.25, 0.3) is 0 Å². The van der Waals surface area contributed by atoms with Crippen LogP contribution in [0, 0.1) is 0 Å². The van der Waals surface area contributed by atoms with Gasteiger partial charge in [0.2, 0.25) is 11.8 Å². The Morgan fingerprint density at radius 2 is 2.00 bits per heavy atom. The molecule has 1 amide bonds. The molecule has 0 spiro atoms. The second kappa shape index (κ2) is 5.66. The molecule has 0 fully saturated rings. The summed E-state index contributed by atoms with van der Waals surface area (Å²) >= 11 is 3.35. The number of rotatable bonds is 4. The molecule has 7 heteroatoms. The maximum Gasteiger partial charge on any atom is 0.248 e. The SMILES string of the molecule is CNc1ncnc(Oc2ccc(C(N)=O)cc2)c1Br. The molecule has 0 bridgehead atoms. The van der Waals surface area contributed by atoms with Gasteiger partial charge in [0.05, 0.1) is 0 Å². The van der Waals surface area contributed by atoms with Gasteiger partial charge in [-0.3, -0.25) is 4.79 Å². The number of anilines is 1. The van der Waals surface area contributed by atoms with E-state index in [0.717, 1.165) is 0 Å². The highest BCUT2D eigenvalue weighted by atomic mass is 79.9. The predicted octanol–water partition coefficient (Wildman–Crippen LogP) is 2.17. The van der Waals surface area contributed by atoms with E-state index in [9.17, 15) is 4.79 Å². The molecule has 1 aromatic carbocycles. The molecule has 98 valence electrons. The maximum absolute atomic E-state index is 11.0.